The van der Waals surface area contributed by atoms with E-state index in [9.17, 15) is 0 Å². The van der Waals surface area contributed by atoms with E-state index in [1.54, 1.807) is 0 Å². The number of anilines is 1. The van der Waals surface area contributed by atoms with Gasteiger partial charge in [0.1, 0.15) is 6.04 Å². The zero-order chi connectivity index (χ0) is 23.1. The van der Waals surface area contributed by atoms with Gasteiger partial charge in [-0.15, -0.1) is 0 Å². The number of hydrogen-bond donors (Lipinski definition) is 1. The molecule has 3 heterocycles. The van der Waals surface area contributed by atoms with E-state index in [0.29, 0.717) is 5.11 Å². The molecule has 0 radical (unpaired) electrons. The third-order valence-electron chi connectivity index (χ3n) is 6.02. The first-order chi connectivity index (χ1) is 15.9. The van der Waals surface area contributed by atoms with Crippen LogP contribution in [0.1, 0.15) is 34.6 Å². The summed E-state index contributed by atoms with van der Waals surface area (Å²) in [7, 11) is 0. The highest BCUT2D eigenvalue weighted by Crippen LogP contribution is 2.43. The molecule has 7 heteroatoms. The van der Waals surface area contributed by atoms with Gasteiger partial charge in [-0.2, -0.15) is 0 Å². The molecule has 33 heavy (non-hydrogen) atoms. The lowest BCUT2D eigenvalue weighted by atomic mass is 10.0. The Hall–Kier alpha value is -2.67. The average molecular weight is 538 g/mol. The molecule has 2 atom stereocenters. The van der Waals surface area contributed by atoms with Gasteiger partial charge in [-0.25, -0.2) is 0 Å². The topological polar surface area (TPSA) is 33.1 Å². The molecule has 4 nitrogen and oxygen atoms in total. The maximum Gasteiger partial charge on any atom is 0.174 e. The highest BCUT2D eigenvalue weighted by molar-refractivity contribution is 9.10. The summed E-state index contributed by atoms with van der Waals surface area (Å²) in [6, 6.07) is 22.4. The van der Waals surface area contributed by atoms with Crippen molar-refractivity contribution in [2.45, 2.75) is 25.9 Å². The van der Waals surface area contributed by atoms with Crippen LogP contribution >= 0.6 is 39.7 Å². The molecule has 0 bridgehead atoms. The van der Waals surface area contributed by atoms with Crippen molar-refractivity contribution >= 4 is 50.5 Å². The molecule has 1 N–H and O–H groups in total. The van der Waals surface area contributed by atoms with Crippen molar-refractivity contribution < 1.29 is 0 Å². The quantitative estimate of drug-likeness (QED) is 0.282. The van der Waals surface area contributed by atoms with E-state index in [-0.39, 0.29) is 12.1 Å². The number of nitrogens with one attached hydrogen (secondary N) is 1. The van der Waals surface area contributed by atoms with Gasteiger partial charge in [0.05, 0.1) is 11.7 Å². The van der Waals surface area contributed by atoms with Crippen molar-refractivity contribution in [3.8, 4) is 5.69 Å². The van der Waals surface area contributed by atoms with Crippen molar-refractivity contribution in [2.75, 3.05) is 4.90 Å². The second kappa shape index (κ2) is 8.93. The van der Waals surface area contributed by atoms with Gasteiger partial charge in [-0.1, -0.05) is 33.6 Å². The molecule has 4 aromatic rings. The summed E-state index contributed by atoms with van der Waals surface area (Å²) in [5.74, 6) is 0. The molecular formula is C26H22BrClN4S. The van der Waals surface area contributed by atoms with Crippen LogP contribution in [0.4, 0.5) is 5.69 Å². The Balaban J connectivity index is 1.68. The molecule has 1 aliphatic rings. The first kappa shape index (κ1) is 22.1. The first-order valence-electron chi connectivity index (χ1n) is 10.6. The highest BCUT2D eigenvalue weighted by atomic mass is 79.9. The first-order valence-corrected chi connectivity index (χ1v) is 12.2. The lowest BCUT2D eigenvalue weighted by molar-refractivity contribution is 0.549. The summed E-state index contributed by atoms with van der Waals surface area (Å²) >= 11 is 15.8. The lowest BCUT2D eigenvalue weighted by Crippen LogP contribution is -2.30. The minimum atomic E-state index is -0.107. The molecule has 0 spiro atoms. The summed E-state index contributed by atoms with van der Waals surface area (Å²) in [5, 5.41) is 4.98. The van der Waals surface area contributed by atoms with Gasteiger partial charge >= 0.3 is 0 Å². The SMILES string of the molecule is Cc1cc(-n2cccc2[C@@H]2[C@H](c3ccccn3)NC(=S)N2c2ccc(Br)c(C)c2)ccc1Cl. The molecule has 0 aliphatic carbocycles. The number of benzene rings is 2. The van der Waals surface area contributed by atoms with Gasteiger partial charge in [0.15, 0.2) is 5.11 Å². The molecule has 166 valence electrons. The van der Waals surface area contributed by atoms with Crippen LogP contribution in [0, 0.1) is 13.8 Å². The number of thiocarbonyl (C=S) groups is 1. The molecule has 0 saturated carbocycles. The van der Waals surface area contributed by atoms with Crippen LogP contribution in [0.25, 0.3) is 5.69 Å². The summed E-state index contributed by atoms with van der Waals surface area (Å²) in [5.41, 5.74) is 6.34. The number of pyridine rings is 1. The molecule has 5 rings (SSSR count). The summed E-state index contributed by atoms with van der Waals surface area (Å²) < 4.78 is 3.28. The van der Waals surface area contributed by atoms with Gasteiger partial charge in [-0.3, -0.25) is 4.98 Å². The van der Waals surface area contributed by atoms with Gasteiger partial charge in [0.25, 0.3) is 0 Å². The van der Waals surface area contributed by atoms with Crippen LogP contribution in [-0.2, 0) is 0 Å². The van der Waals surface area contributed by atoms with Crippen LogP contribution in [-0.4, -0.2) is 14.7 Å². The van der Waals surface area contributed by atoms with Crippen LogP contribution in [0.3, 0.4) is 0 Å². The number of rotatable bonds is 4. The standard InChI is InChI=1S/C26H22BrClN4S/c1-16-14-19(8-10-20(16)27)32-25(24(30-26(32)33)22-6-3-4-12-29-22)23-7-5-13-31(23)18-9-11-21(28)17(2)15-18/h3-15,24-25H,1-2H3,(H,30,33)/t24-,25+/m0/s1. The molecule has 2 aromatic carbocycles. The van der Waals surface area contributed by atoms with E-state index in [1.165, 1.54) is 0 Å². The predicted octanol–water partition coefficient (Wildman–Crippen LogP) is 7.08. The minimum Gasteiger partial charge on any atom is -0.351 e. The number of aryl methyl sites for hydroxylation is 2. The van der Waals surface area contributed by atoms with Gasteiger partial charge in [0.2, 0.25) is 0 Å². The van der Waals surface area contributed by atoms with E-state index in [4.69, 9.17) is 23.8 Å². The molecule has 0 amide bonds. The highest BCUT2D eigenvalue weighted by Gasteiger charge is 2.42. The van der Waals surface area contributed by atoms with Gasteiger partial charge in [-0.05, 0) is 97.9 Å². The molecule has 1 fully saturated rings. The third-order valence-corrected chi connectivity index (χ3v) is 7.65. The van der Waals surface area contributed by atoms with E-state index in [0.717, 1.165) is 43.4 Å². The monoisotopic (exact) mass is 536 g/mol. The maximum absolute atomic E-state index is 6.31. The van der Waals surface area contributed by atoms with Crippen molar-refractivity contribution in [2.24, 2.45) is 0 Å². The molecule has 1 saturated heterocycles. The van der Waals surface area contributed by atoms with E-state index >= 15 is 0 Å². The summed E-state index contributed by atoms with van der Waals surface area (Å²) in [6.07, 6.45) is 3.91. The van der Waals surface area contributed by atoms with Crippen molar-refractivity contribution in [3.05, 3.63) is 111 Å². The Morgan fingerprint density at radius 1 is 0.970 bits per heavy atom. The van der Waals surface area contributed by atoms with Crippen LogP contribution in [0.15, 0.2) is 83.6 Å². The Bertz CT molecular complexity index is 1340. The fourth-order valence-corrected chi connectivity index (χ4v) is 5.07. The Kier molecular flexibility index (Phi) is 5.99. The number of halogens is 2. The molecule has 0 unspecified atom stereocenters. The largest absolute Gasteiger partial charge is 0.351 e. The van der Waals surface area contributed by atoms with E-state index in [1.807, 2.05) is 43.5 Å². The average Bonchev–Trinajstić information content (AvgIpc) is 3.42. The Morgan fingerprint density at radius 2 is 1.76 bits per heavy atom. The van der Waals surface area contributed by atoms with Crippen LogP contribution < -0.4 is 10.2 Å². The molecule has 1 aliphatic heterocycles. The smallest absolute Gasteiger partial charge is 0.174 e. The zero-order valence-electron chi connectivity index (χ0n) is 18.2. The third kappa shape index (κ3) is 4.07. The predicted molar refractivity (Wildman–Crippen MR) is 142 cm³/mol. The fourth-order valence-electron chi connectivity index (χ4n) is 4.36. The molecule has 2 aromatic heterocycles. The number of hydrogen-bond acceptors (Lipinski definition) is 2. The van der Waals surface area contributed by atoms with Crippen LogP contribution in [0.2, 0.25) is 5.02 Å². The van der Waals surface area contributed by atoms with Crippen molar-refractivity contribution in [1.82, 2.24) is 14.9 Å². The molecular weight excluding hydrogens is 516 g/mol. The van der Waals surface area contributed by atoms with Crippen molar-refractivity contribution in [1.29, 1.82) is 0 Å². The lowest BCUT2D eigenvalue weighted by Gasteiger charge is -2.29. The normalized spacial score (nSPS) is 17.9. The number of aromatic nitrogens is 2. The van der Waals surface area contributed by atoms with E-state index < -0.39 is 0 Å². The minimum absolute atomic E-state index is 0.0982. The Morgan fingerprint density at radius 3 is 2.48 bits per heavy atom. The number of nitrogens with zero attached hydrogens (tertiary/aromatic N) is 3. The zero-order valence-corrected chi connectivity index (χ0v) is 21.3. The Labute approximate surface area is 212 Å². The van der Waals surface area contributed by atoms with Gasteiger partial charge in [0, 0.05) is 39.0 Å². The summed E-state index contributed by atoms with van der Waals surface area (Å²) in [6.45, 7) is 4.11. The second-order valence-corrected chi connectivity index (χ2v) is 9.81. The van der Waals surface area contributed by atoms with Gasteiger partial charge < -0.3 is 14.8 Å². The van der Waals surface area contributed by atoms with Crippen molar-refractivity contribution in [3.63, 3.8) is 0 Å². The maximum atomic E-state index is 6.31. The van der Waals surface area contributed by atoms with E-state index in [2.05, 4.69) is 85.2 Å². The fraction of sp³-hybridized carbons (Fsp3) is 0.154. The second-order valence-electron chi connectivity index (χ2n) is 8.17. The van der Waals surface area contributed by atoms with Crippen LogP contribution in [0.5, 0.6) is 0 Å². The summed E-state index contributed by atoms with van der Waals surface area (Å²) in [4.78, 5) is 6.86.